The molecule has 7 heteroatoms. The smallest absolute Gasteiger partial charge is 0.412 e. The minimum absolute atomic E-state index is 0.0332. The van der Waals surface area contributed by atoms with Crippen LogP contribution in [0.15, 0.2) is 59.1 Å². The largest absolute Gasteiger partial charge is 0.481 e. The molecule has 0 aromatic heterocycles. The van der Waals surface area contributed by atoms with Gasteiger partial charge in [0.2, 0.25) is 0 Å². The highest BCUT2D eigenvalue weighted by molar-refractivity contribution is 9.10. The lowest BCUT2D eigenvalue weighted by Crippen LogP contribution is -2.43. The second-order valence-corrected chi connectivity index (χ2v) is 6.02. The first-order valence-electron chi connectivity index (χ1n) is 7.11. The van der Waals surface area contributed by atoms with Gasteiger partial charge in [-0.1, -0.05) is 46.3 Å². The van der Waals surface area contributed by atoms with E-state index in [-0.39, 0.29) is 5.56 Å². The zero-order chi connectivity index (χ0) is 17.7. The minimum atomic E-state index is -4.60. The third-order valence-electron chi connectivity index (χ3n) is 3.24. The normalized spacial score (nSPS) is 13.9. The minimum Gasteiger partial charge on any atom is -0.481 e. The Morgan fingerprint density at radius 2 is 1.67 bits per heavy atom. The number of ether oxygens (including phenoxy) is 1. The summed E-state index contributed by atoms with van der Waals surface area (Å²) in [5.41, 5.74) is -0.0332. The van der Waals surface area contributed by atoms with E-state index < -0.39 is 24.2 Å². The number of alkyl halides is 3. The van der Waals surface area contributed by atoms with E-state index >= 15 is 0 Å². The lowest BCUT2D eigenvalue weighted by atomic mass is 10.1. The number of hydrogen-bond acceptors (Lipinski definition) is 2. The van der Waals surface area contributed by atoms with Crippen LogP contribution in [-0.2, 0) is 4.79 Å². The van der Waals surface area contributed by atoms with Crippen LogP contribution in [0.1, 0.15) is 18.5 Å². The molecule has 0 spiro atoms. The van der Waals surface area contributed by atoms with E-state index in [1.165, 1.54) is 31.2 Å². The van der Waals surface area contributed by atoms with Gasteiger partial charge in [-0.3, -0.25) is 4.79 Å². The van der Waals surface area contributed by atoms with Crippen molar-refractivity contribution in [2.24, 2.45) is 0 Å². The fraction of sp³-hybridized carbons (Fsp3) is 0.235. The van der Waals surface area contributed by atoms with Crippen molar-refractivity contribution in [2.75, 3.05) is 0 Å². The monoisotopic (exact) mass is 401 g/mol. The Hall–Kier alpha value is -2.02. The van der Waals surface area contributed by atoms with Crippen LogP contribution in [-0.4, -0.2) is 18.2 Å². The van der Waals surface area contributed by atoms with Gasteiger partial charge in [-0.05, 0) is 36.8 Å². The van der Waals surface area contributed by atoms with Gasteiger partial charge in [0.15, 0.2) is 12.1 Å². The van der Waals surface area contributed by atoms with Crippen LogP contribution in [0, 0.1) is 0 Å². The molecule has 0 radical (unpaired) electrons. The van der Waals surface area contributed by atoms with Gasteiger partial charge in [0.05, 0.1) is 0 Å². The summed E-state index contributed by atoms with van der Waals surface area (Å²) in [5.74, 6) is -0.451. The average molecular weight is 402 g/mol. The van der Waals surface area contributed by atoms with Crippen LogP contribution in [0.2, 0.25) is 0 Å². The number of benzene rings is 2. The molecule has 2 rings (SSSR count). The topological polar surface area (TPSA) is 38.3 Å². The number of carbonyl (C=O) groups is 1. The predicted octanol–water partition coefficient (Wildman–Crippen LogP) is 4.64. The van der Waals surface area contributed by atoms with Crippen LogP contribution < -0.4 is 10.1 Å². The van der Waals surface area contributed by atoms with E-state index in [1.54, 1.807) is 30.3 Å². The summed E-state index contributed by atoms with van der Waals surface area (Å²) in [7, 11) is 0. The summed E-state index contributed by atoms with van der Waals surface area (Å²) >= 11 is 3.26. The third kappa shape index (κ3) is 4.99. The second kappa shape index (κ2) is 7.70. The summed E-state index contributed by atoms with van der Waals surface area (Å²) in [6, 6.07) is 11.8. The lowest BCUT2D eigenvalue weighted by Gasteiger charge is -2.24. The first kappa shape index (κ1) is 18.3. The number of nitrogens with one attached hydrogen (secondary N) is 1. The molecular formula is C17H15BrF3NO2. The summed E-state index contributed by atoms with van der Waals surface area (Å²) in [6.45, 7) is 1.40. The van der Waals surface area contributed by atoms with Crippen molar-refractivity contribution in [3.8, 4) is 5.75 Å². The Kier molecular flexibility index (Phi) is 5.88. The molecule has 2 aromatic rings. The Bertz CT molecular complexity index is 674. The summed E-state index contributed by atoms with van der Waals surface area (Å²) < 4.78 is 45.9. The lowest BCUT2D eigenvalue weighted by molar-refractivity contribution is -0.165. The van der Waals surface area contributed by atoms with Crippen molar-refractivity contribution < 1.29 is 22.7 Å². The molecule has 0 aliphatic carbocycles. The molecule has 24 heavy (non-hydrogen) atoms. The first-order valence-corrected chi connectivity index (χ1v) is 7.91. The average Bonchev–Trinajstić information content (AvgIpc) is 2.54. The second-order valence-electron chi connectivity index (χ2n) is 5.11. The van der Waals surface area contributed by atoms with Gasteiger partial charge in [0, 0.05) is 4.47 Å². The van der Waals surface area contributed by atoms with Gasteiger partial charge in [0.1, 0.15) is 5.75 Å². The van der Waals surface area contributed by atoms with Crippen molar-refractivity contribution >= 4 is 21.8 Å². The van der Waals surface area contributed by atoms with Crippen LogP contribution in [0.25, 0.3) is 0 Å². The Morgan fingerprint density at radius 3 is 2.21 bits per heavy atom. The van der Waals surface area contributed by atoms with Crippen molar-refractivity contribution in [2.45, 2.75) is 25.2 Å². The Labute approximate surface area is 146 Å². The number of carbonyl (C=O) groups excluding carboxylic acids is 1. The van der Waals surface area contributed by atoms with E-state index in [0.29, 0.717) is 5.75 Å². The van der Waals surface area contributed by atoms with E-state index in [9.17, 15) is 18.0 Å². The molecule has 128 valence electrons. The molecule has 0 saturated carbocycles. The summed E-state index contributed by atoms with van der Waals surface area (Å²) in [5, 5.41) is 2.01. The summed E-state index contributed by atoms with van der Waals surface area (Å²) in [4.78, 5) is 12.1. The maximum atomic E-state index is 13.2. The van der Waals surface area contributed by atoms with E-state index in [1.807, 2.05) is 5.32 Å². The molecule has 1 amide bonds. The fourth-order valence-electron chi connectivity index (χ4n) is 2.03. The zero-order valence-corrected chi connectivity index (χ0v) is 14.3. The summed E-state index contributed by atoms with van der Waals surface area (Å²) in [6.07, 6.45) is -5.67. The van der Waals surface area contributed by atoms with Gasteiger partial charge >= 0.3 is 6.18 Å². The van der Waals surface area contributed by atoms with Crippen molar-refractivity contribution in [3.05, 3.63) is 64.6 Å². The van der Waals surface area contributed by atoms with E-state index in [4.69, 9.17) is 4.74 Å². The Balaban J connectivity index is 2.08. The van der Waals surface area contributed by atoms with Crippen LogP contribution in [0.5, 0.6) is 5.75 Å². The predicted molar refractivity (Wildman–Crippen MR) is 87.6 cm³/mol. The molecule has 2 aromatic carbocycles. The van der Waals surface area contributed by atoms with Gasteiger partial charge in [-0.25, -0.2) is 0 Å². The van der Waals surface area contributed by atoms with Crippen molar-refractivity contribution in [1.82, 2.24) is 5.32 Å². The van der Waals surface area contributed by atoms with Gasteiger partial charge < -0.3 is 10.1 Å². The molecule has 0 fully saturated rings. The third-order valence-corrected chi connectivity index (χ3v) is 3.77. The number of amides is 1. The van der Waals surface area contributed by atoms with Crippen LogP contribution >= 0.6 is 15.9 Å². The van der Waals surface area contributed by atoms with Crippen LogP contribution in [0.4, 0.5) is 13.2 Å². The molecule has 0 aliphatic rings. The maximum absolute atomic E-state index is 13.2. The highest BCUT2D eigenvalue weighted by Crippen LogP contribution is 2.32. The number of hydrogen-bond donors (Lipinski definition) is 1. The van der Waals surface area contributed by atoms with Crippen molar-refractivity contribution in [1.29, 1.82) is 0 Å². The fourth-order valence-corrected chi connectivity index (χ4v) is 2.29. The molecule has 0 heterocycles. The quantitative estimate of drug-likeness (QED) is 0.792. The van der Waals surface area contributed by atoms with E-state index in [0.717, 1.165) is 4.47 Å². The number of halogens is 4. The number of rotatable bonds is 5. The highest BCUT2D eigenvalue weighted by Gasteiger charge is 2.42. The molecule has 0 aliphatic heterocycles. The zero-order valence-electron chi connectivity index (χ0n) is 12.7. The molecule has 3 nitrogen and oxygen atoms in total. The highest BCUT2D eigenvalue weighted by atomic mass is 79.9. The van der Waals surface area contributed by atoms with Crippen LogP contribution in [0.3, 0.4) is 0 Å². The van der Waals surface area contributed by atoms with Gasteiger partial charge in [-0.15, -0.1) is 0 Å². The Morgan fingerprint density at radius 1 is 1.08 bits per heavy atom. The van der Waals surface area contributed by atoms with Gasteiger partial charge in [0.25, 0.3) is 5.91 Å². The molecule has 1 N–H and O–H groups in total. The van der Waals surface area contributed by atoms with E-state index in [2.05, 4.69) is 15.9 Å². The SMILES string of the molecule is CC(Oc1ccc(Br)cc1)C(=O)NC(c1ccccc1)C(F)(F)F. The maximum Gasteiger partial charge on any atom is 0.412 e. The molecule has 2 atom stereocenters. The van der Waals surface area contributed by atoms with Crippen molar-refractivity contribution in [3.63, 3.8) is 0 Å². The molecular weight excluding hydrogens is 387 g/mol. The first-order chi connectivity index (χ1) is 11.3. The standard InChI is InChI=1S/C17H15BrF3NO2/c1-11(24-14-9-7-13(18)8-10-14)16(23)22-15(17(19,20)21)12-5-3-2-4-6-12/h2-11,15H,1H3,(H,22,23). The molecule has 2 unspecified atom stereocenters. The van der Waals surface area contributed by atoms with Gasteiger partial charge in [-0.2, -0.15) is 13.2 Å². The molecule has 0 saturated heterocycles. The molecule has 0 bridgehead atoms.